The lowest BCUT2D eigenvalue weighted by Gasteiger charge is -2.22. The van der Waals surface area contributed by atoms with Gasteiger partial charge in [-0.2, -0.15) is 0 Å². The molecular formula is C15H25FN2O. The molecule has 0 aliphatic carbocycles. The first kappa shape index (κ1) is 15.9. The Morgan fingerprint density at radius 1 is 1.32 bits per heavy atom. The number of hydrogen-bond acceptors (Lipinski definition) is 3. The monoisotopic (exact) mass is 268 g/mol. The number of nitrogens with zero attached hydrogens (tertiary/aromatic N) is 1. The number of rotatable bonds is 7. The fourth-order valence-electron chi connectivity index (χ4n) is 2.04. The number of nitrogens with one attached hydrogen (secondary N) is 1. The maximum absolute atomic E-state index is 13.9. The van der Waals surface area contributed by atoms with Gasteiger partial charge in [-0.05, 0) is 47.0 Å². The third kappa shape index (κ3) is 5.17. The van der Waals surface area contributed by atoms with E-state index in [1.165, 1.54) is 6.07 Å². The summed E-state index contributed by atoms with van der Waals surface area (Å²) in [6.07, 6.45) is 1.04. The van der Waals surface area contributed by atoms with Gasteiger partial charge in [-0.3, -0.25) is 0 Å². The molecule has 0 spiro atoms. The van der Waals surface area contributed by atoms with Crippen LogP contribution in [-0.2, 0) is 0 Å². The molecule has 2 atom stereocenters. The molecule has 0 radical (unpaired) electrons. The molecule has 3 nitrogen and oxygen atoms in total. The van der Waals surface area contributed by atoms with Crippen LogP contribution in [0.4, 0.5) is 4.39 Å². The standard InChI is InChI=1S/C15H25FN2O/c1-11(8-9-18(3)4)17-12(2)14-7-6-13(19-5)10-15(14)16/h6-7,10-12,17H,8-9H2,1-5H3. The molecule has 0 bridgehead atoms. The largest absolute Gasteiger partial charge is 0.497 e. The molecular weight excluding hydrogens is 243 g/mol. The van der Waals surface area contributed by atoms with Crippen molar-refractivity contribution in [3.8, 4) is 5.75 Å². The minimum Gasteiger partial charge on any atom is -0.497 e. The van der Waals surface area contributed by atoms with E-state index in [9.17, 15) is 4.39 Å². The average molecular weight is 268 g/mol. The maximum atomic E-state index is 13.9. The highest BCUT2D eigenvalue weighted by molar-refractivity contribution is 5.30. The smallest absolute Gasteiger partial charge is 0.131 e. The summed E-state index contributed by atoms with van der Waals surface area (Å²) in [7, 11) is 5.65. The van der Waals surface area contributed by atoms with Crippen molar-refractivity contribution in [1.82, 2.24) is 10.2 Å². The van der Waals surface area contributed by atoms with Gasteiger partial charge in [0.2, 0.25) is 0 Å². The average Bonchev–Trinajstić information content (AvgIpc) is 2.35. The third-order valence-electron chi connectivity index (χ3n) is 3.22. The summed E-state index contributed by atoms with van der Waals surface area (Å²) in [5, 5.41) is 3.42. The van der Waals surface area contributed by atoms with E-state index >= 15 is 0 Å². The van der Waals surface area contributed by atoms with Crippen molar-refractivity contribution in [3.05, 3.63) is 29.6 Å². The van der Waals surface area contributed by atoms with Crippen molar-refractivity contribution in [2.75, 3.05) is 27.7 Å². The Bertz CT molecular complexity index is 396. The van der Waals surface area contributed by atoms with Crippen LogP contribution < -0.4 is 10.1 Å². The topological polar surface area (TPSA) is 24.5 Å². The number of ether oxygens (including phenoxy) is 1. The van der Waals surface area contributed by atoms with Crippen molar-refractivity contribution in [3.63, 3.8) is 0 Å². The van der Waals surface area contributed by atoms with E-state index in [-0.39, 0.29) is 11.9 Å². The number of benzene rings is 1. The van der Waals surface area contributed by atoms with Gasteiger partial charge < -0.3 is 15.0 Å². The molecule has 1 aromatic carbocycles. The van der Waals surface area contributed by atoms with Crippen LogP contribution in [0.1, 0.15) is 31.9 Å². The minimum atomic E-state index is -0.223. The summed E-state index contributed by atoms with van der Waals surface area (Å²) in [6, 6.07) is 5.34. The molecule has 0 aliphatic rings. The summed E-state index contributed by atoms with van der Waals surface area (Å²) in [5.74, 6) is 0.327. The van der Waals surface area contributed by atoms with Crippen molar-refractivity contribution < 1.29 is 9.13 Å². The van der Waals surface area contributed by atoms with Crippen LogP contribution in [0.25, 0.3) is 0 Å². The Labute approximate surface area is 115 Å². The Kier molecular flexibility index (Phi) is 6.25. The van der Waals surface area contributed by atoms with Gasteiger partial charge in [-0.25, -0.2) is 4.39 Å². The summed E-state index contributed by atoms with van der Waals surface area (Å²) in [6.45, 7) is 5.13. The number of methoxy groups -OCH3 is 1. The van der Waals surface area contributed by atoms with Crippen LogP contribution in [0.5, 0.6) is 5.75 Å². The van der Waals surface area contributed by atoms with E-state index in [4.69, 9.17) is 4.74 Å². The van der Waals surface area contributed by atoms with E-state index in [0.29, 0.717) is 17.4 Å². The predicted molar refractivity (Wildman–Crippen MR) is 77.1 cm³/mol. The van der Waals surface area contributed by atoms with Gasteiger partial charge in [0.05, 0.1) is 7.11 Å². The van der Waals surface area contributed by atoms with Crippen LogP contribution >= 0.6 is 0 Å². The molecule has 0 saturated carbocycles. The first-order chi connectivity index (χ1) is 8.93. The highest BCUT2D eigenvalue weighted by Gasteiger charge is 2.14. The highest BCUT2D eigenvalue weighted by Crippen LogP contribution is 2.22. The van der Waals surface area contributed by atoms with Crippen LogP contribution in [0.15, 0.2) is 18.2 Å². The molecule has 19 heavy (non-hydrogen) atoms. The van der Waals surface area contributed by atoms with Gasteiger partial charge in [0.1, 0.15) is 11.6 Å². The lowest BCUT2D eigenvalue weighted by molar-refractivity contribution is 0.352. The predicted octanol–water partition coefficient (Wildman–Crippen LogP) is 2.83. The lowest BCUT2D eigenvalue weighted by Crippen LogP contribution is -2.32. The molecule has 1 N–H and O–H groups in total. The maximum Gasteiger partial charge on any atom is 0.131 e. The van der Waals surface area contributed by atoms with Crippen LogP contribution in [0.2, 0.25) is 0 Å². The zero-order chi connectivity index (χ0) is 14.4. The molecule has 0 saturated heterocycles. The Balaban J connectivity index is 2.60. The van der Waals surface area contributed by atoms with Gasteiger partial charge in [0.15, 0.2) is 0 Å². The first-order valence-corrected chi connectivity index (χ1v) is 6.68. The van der Waals surface area contributed by atoms with Gasteiger partial charge in [0.25, 0.3) is 0 Å². The second-order valence-corrected chi connectivity index (χ2v) is 5.27. The second-order valence-electron chi connectivity index (χ2n) is 5.27. The molecule has 108 valence electrons. The van der Waals surface area contributed by atoms with E-state index in [0.717, 1.165) is 13.0 Å². The molecule has 4 heteroatoms. The molecule has 2 unspecified atom stereocenters. The second kappa shape index (κ2) is 7.46. The van der Waals surface area contributed by atoms with E-state index in [1.807, 2.05) is 6.92 Å². The van der Waals surface area contributed by atoms with Gasteiger partial charge >= 0.3 is 0 Å². The third-order valence-corrected chi connectivity index (χ3v) is 3.22. The summed E-state index contributed by atoms with van der Waals surface area (Å²) >= 11 is 0. The zero-order valence-corrected chi connectivity index (χ0v) is 12.5. The van der Waals surface area contributed by atoms with Crippen LogP contribution in [-0.4, -0.2) is 38.7 Å². The molecule has 0 fully saturated rings. The van der Waals surface area contributed by atoms with E-state index in [1.54, 1.807) is 19.2 Å². The normalized spacial score (nSPS) is 14.5. The van der Waals surface area contributed by atoms with Gasteiger partial charge in [0, 0.05) is 23.7 Å². The lowest BCUT2D eigenvalue weighted by atomic mass is 10.1. The Morgan fingerprint density at radius 3 is 2.53 bits per heavy atom. The Hall–Kier alpha value is -1.13. The quantitative estimate of drug-likeness (QED) is 0.823. The van der Waals surface area contributed by atoms with Gasteiger partial charge in [-0.1, -0.05) is 6.07 Å². The first-order valence-electron chi connectivity index (χ1n) is 6.68. The molecule has 0 heterocycles. The SMILES string of the molecule is COc1ccc(C(C)NC(C)CCN(C)C)c(F)c1. The van der Waals surface area contributed by atoms with Crippen molar-refractivity contribution >= 4 is 0 Å². The molecule has 1 aromatic rings. The fraction of sp³-hybridized carbons (Fsp3) is 0.600. The number of halogens is 1. The van der Waals surface area contributed by atoms with E-state index < -0.39 is 0 Å². The van der Waals surface area contributed by atoms with Crippen LogP contribution in [0.3, 0.4) is 0 Å². The number of hydrogen-bond donors (Lipinski definition) is 1. The zero-order valence-electron chi connectivity index (χ0n) is 12.5. The molecule has 0 amide bonds. The minimum absolute atomic E-state index is 0.0110. The molecule has 0 aliphatic heterocycles. The van der Waals surface area contributed by atoms with Crippen molar-refractivity contribution in [2.24, 2.45) is 0 Å². The fourth-order valence-corrected chi connectivity index (χ4v) is 2.04. The van der Waals surface area contributed by atoms with Crippen molar-refractivity contribution in [1.29, 1.82) is 0 Å². The highest BCUT2D eigenvalue weighted by atomic mass is 19.1. The molecule has 0 aromatic heterocycles. The summed E-state index contributed by atoms with van der Waals surface area (Å²) in [4.78, 5) is 2.15. The van der Waals surface area contributed by atoms with Gasteiger partial charge in [-0.15, -0.1) is 0 Å². The Morgan fingerprint density at radius 2 is 2.00 bits per heavy atom. The summed E-state index contributed by atoms with van der Waals surface area (Å²) < 4.78 is 18.9. The molecule has 1 rings (SSSR count). The van der Waals surface area contributed by atoms with E-state index in [2.05, 4.69) is 31.2 Å². The van der Waals surface area contributed by atoms with Crippen LogP contribution in [0, 0.1) is 5.82 Å². The van der Waals surface area contributed by atoms with Crippen molar-refractivity contribution in [2.45, 2.75) is 32.4 Å². The summed E-state index contributed by atoms with van der Waals surface area (Å²) in [5.41, 5.74) is 0.678.